The minimum Gasteiger partial charge on any atom is -0.497 e. The molecule has 0 saturated heterocycles. The number of hydrogen-bond acceptors (Lipinski definition) is 4. The molecule has 31 heavy (non-hydrogen) atoms. The third kappa shape index (κ3) is 9.40. The standard InChI is InChI=1S/C23H34N4O3S/c1-5-24-23(25-15-14-19-10-12-22(30-4)13-11-19)26-16-20-6-8-21(9-7-20)17-31(28,29)27-18(2)3/h6-13,18,27H,5,14-17H2,1-4H3,(H2,24,25,26). The number of guanidine groups is 1. The molecule has 8 heteroatoms. The van der Waals surface area contributed by atoms with Gasteiger partial charge in [-0.1, -0.05) is 36.4 Å². The molecule has 0 unspecified atom stereocenters. The summed E-state index contributed by atoms with van der Waals surface area (Å²) in [4.78, 5) is 4.63. The molecule has 0 aliphatic heterocycles. The molecule has 3 N–H and O–H groups in total. The van der Waals surface area contributed by atoms with Crippen molar-refractivity contribution in [1.82, 2.24) is 15.4 Å². The molecule has 170 valence electrons. The maximum absolute atomic E-state index is 12.1. The van der Waals surface area contributed by atoms with E-state index < -0.39 is 10.0 Å². The van der Waals surface area contributed by atoms with E-state index in [1.165, 1.54) is 5.56 Å². The van der Waals surface area contributed by atoms with Crippen LogP contribution in [0.1, 0.15) is 37.5 Å². The highest BCUT2D eigenvalue weighted by molar-refractivity contribution is 7.88. The number of hydrogen-bond donors (Lipinski definition) is 3. The van der Waals surface area contributed by atoms with Gasteiger partial charge >= 0.3 is 0 Å². The molecular weight excluding hydrogens is 412 g/mol. The van der Waals surface area contributed by atoms with Crippen molar-refractivity contribution in [2.75, 3.05) is 20.2 Å². The van der Waals surface area contributed by atoms with E-state index in [9.17, 15) is 8.42 Å². The Morgan fingerprint density at radius 2 is 1.58 bits per heavy atom. The number of methoxy groups -OCH3 is 1. The Morgan fingerprint density at radius 3 is 2.16 bits per heavy atom. The van der Waals surface area contributed by atoms with Crippen molar-refractivity contribution in [3.05, 3.63) is 65.2 Å². The van der Waals surface area contributed by atoms with Crippen LogP contribution >= 0.6 is 0 Å². The van der Waals surface area contributed by atoms with Gasteiger partial charge < -0.3 is 15.4 Å². The van der Waals surface area contributed by atoms with Gasteiger partial charge in [-0.2, -0.15) is 0 Å². The van der Waals surface area contributed by atoms with Crippen molar-refractivity contribution in [2.45, 2.75) is 45.5 Å². The van der Waals surface area contributed by atoms with Gasteiger partial charge in [0.1, 0.15) is 5.75 Å². The predicted molar refractivity (Wildman–Crippen MR) is 127 cm³/mol. The highest BCUT2D eigenvalue weighted by Gasteiger charge is 2.12. The number of rotatable bonds is 11. The zero-order valence-corrected chi connectivity index (χ0v) is 19.6. The van der Waals surface area contributed by atoms with E-state index in [2.05, 4.69) is 32.5 Å². The Balaban J connectivity index is 1.89. The van der Waals surface area contributed by atoms with Crippen LogP contribution in [-0.4, -0.2) is 40.6 Å². The van der Waals surface area contributed by atoms with Crippen molar-refractivity contribution >= 4 is 16.0 Å². The summed E-state index contributed by atoms with van der Waals surface area (Å²) in [6.45, 7) is 7.69. The van der Waals surface area contributed by atoms with Gasteiger partial charge in [-0.25, -0.2) is 18.1 Å². The lowest BCUT2D eigenvalue weighted by molar-refractivity contribution is 0.414. The van der Waals surface area contributed by atoms with Crippen molar-refractivity contribution in [3.8, 4) is 5.75 Å². The second-order valence-corrected chi connectivity index (χ2v) is 9.32. The molecule has 2 aromatic rings. The Hall–Kier alpha value is -2.58. The van der Waals surface area contributed by atoms with Crippen LogP contribution in [0.4, 0.5) is 0 Å². The first-order valence-corrected chi connectivity index (χ1v) is 12.2. The highest BCUT2D eigenvalue weighted by Crippen LogP contribution is 2.11. The molecule has 0 heterocycles. The lowest BCUT2D eigenvalue weighted by Gasteiger charge is -2.12. The number of nitrogens with zero attached hydrogens (tertiary/aromatic N) is 1. The quantitative estimate of drug-likeness (QED) is 0.365. The summed E-state index contributed by atoms with van der Waals surface area (Å²) < 4.78 is 31.9. The molecule has 2 rings (SSSR count). The molecular formula is C23H34N4O3S. The summed E-state index contributed by atoms with van der Waals surface area (Å²) >= 11 is 0. The highest BCUT2D eigenvalue weighted by atomic mass is 32.2. The summed E-state index contributed by atoms with van der Waals surface area (Å²) in [7, 11) is -1.66. The van der Waals surface area contributed by atoms with E-state index in [1.54, 1.807) is 7.11 Å². The number of aliphatic imine (C=N–C) groups is 1. The van der Waals surface area contributed by atoms with Crippen molar-refractivity contribution in [2.24, 2.45) is 4.99 Å². The summed E-state index contributed by atoms with van der Waals surface area (Å²) in [6, 6.07) is 15.5. The van der Waals surface area contributed by atoms with Crippen LogP contribution in [0.5, 0.6) is 5.75 Å². The SMILES string of the molecule is CCNC(=NCc1ccc(CS(=O)(=O)NC(C)C)cc1)NCCc1ccc(OC)cc1. The van der Waals surface area contributed by atoms with Gasteiger partial charge in [0.25, 0.3) is 0 Å². The summed E-state index contributed by atoms with van der Waals surface area (Å²) in [5.74, 6) is 1.58. The van der Waals surface area contributed by atoms with Gasteiger partial charge in [-0.3, -0.25) is 0 Å². The Labute approximate surface area is 186 Å². The van der Waals surface area contributed by atoms with Gasteiger partial charge in [0, 0.05) is 19.1 Å². The van der Waals surface area contributed by atoms with Crippen molar-refractivity contribution in [3.63, 3.8) is 0 Å². The Kier molecular flexibility index (Phi) is 9.81. The summed E-state index contributed by atoms with van der Waals surface area (Å²) in [6.07, 6.45) is 0.877. The molecule has 0 bridgehead atoms. The van der Waals surface area contributed by atoms with Crippen LogP contribution in [0.25, 0.3) is 0 Å². The average molecular weight is 447 g/mol. The van der Waals surface area contributed by atoms with E-state index in [0.717, 1.165) is 42.3 Å². The first kappa shape index (κ1) is 24.7. The van der Waals surface area contributed by atoms with Gasteiger partial charge in [-0.05, 0) is 56.0 Å². The monoisotopic (exact) mass is 446 g/mol. The maximum Gasteiger partial charge on any atom is 0.216 e. The Morgan fingerprint density at radius 1 is 0.968 bits per heavy atom. The molecule has 0 amide bonds. The summed E-state index contributed by atoms with van der Waals surface area (Å²) in [5.41, 5.74) is 3.00. The zero-order valence-electron chi connectivity index (χ0n) is 18.8. The first-order valence-electron chi connectivity index (χ1n) is 10.5. The smallest absolute Gasteiger partial charge is 0.216 e. The largest absolute Gasteiger partial charge is 0.497 e. The minimum atomic E-state index is -3.32. The normalized spacial score (nSPS) is 12.1. The van der Waals surface area contributed by atoms with E-state index in [-0.39, 0.29) is 11.8 Å². The van der Waals surface area contributed by atoms with Crippen molar-refractivity contribution in [1.29, 1.82) is 0 Å². The molecule has 0 aliphatic rings. The van der Waals surface area contributed by atoms with Gasteiger partial charge in [0.05, 0.1) is 19.4 Å². The molecule has 7 nitrogen and oxygen atoms in total. The second-order valence-electron chi connectivity index (χ2n) is 7.57. The van der Waals surface area contributed by atoms with E-state index in [1.807, 2.05) is 57.2 Å². The predicted octanol–water partition coefficient (Wildman–Crippen LogP) is 2.82. The lowest BCUT2D eigenvalue weighted by Crippen LogP contribution is -2.38. The van der Waals surface area contributed by atoms with Crippen LogP contribution < -0.4 is 20.1 Å². The van der Waals surface area contributed by atoms with Crippen LogP contribution in [-0.2, 0) is 28.7 Å². The number of benzene rings is 2. The first-order chi connectivity index (χ1) is 14.8. The molecule has 0 radical (unpaired) electrons. The lowest BCUT2D eigenvalue weighted by atomic mass is 10.1. The molecule has 2 aromatic carbocycles. The number of sulfonamides is 1. The Bertz CT molecular complexity index is 924. The average Bonchev–Trinajstić information content (AvgIpc) is 2.72. The van der Waals surface area contributed by atoms with Crippen LogP contribution in [0.15, 0.2) is 53.5 Å². The van der Waals surface area contributed by atoms with Crippen LogP contribution in [0, 0.1) is 0 Å². The number of nitrogens with one attached hydrogen (secondary N) is 3. The van der Waals surface area contributed by atoms with Crippen molar-refractivity contribution < 1.29 is 13.2 Å². The fourth-order valence-corrected chi connectivity index (χ4v) is 4.42. The minimum absolute atomic E-state index is 0.0235. The third-order valence-corrected chi connectivity index (χ3v) is 5.97. The van der Waals surface area contributed by atoms with Crippen LogP contribution in [0.2, 0.25) is 0 Å². The van der Waals surface area contributed by atoms with E-state index >= 15 is 0 Å². The maximum atomic E-state index is 12.1. The van der Waals surface area contributed by atoms with Gasteiger partial charge in [0.15, 0.2) is 5.96 Å². The molecule has 0 atom stereocenters. The fourth-order valence-electron chi connectivity index (χ4n) is 2.99. The van der Waals surface area contributed by atoms with E-state index in [0.29, 0.717) is 6.54 Å². The zero-order chi connectivity index (χ0) is 22.7. The number of ether oxygens (including phenoxy) is 1. The molecule has 0 saturated carbocycles. The molecule has 0 aromatic heterocycles. The second kappa shape index (κ2) is 12.3. The van der Waals surface area contributed by atoms with Crippen LogP contribution in [0.3, 0.4) is 0 Å². The van der Waals surface area contributed by atoms with Gasteiger partial charge in [-0.15, -0.1) is 0 Å². The summed E-state index contributed by atoms with van der Waals surface area (Å²) in [5, 5.41) is 6.60. The third-order valence-electron chi connectivity index (χ3n) is 4.42. The molecule has 0 spiro atoms. The molecule has 0 aliphatic carbocycles. The topological polar surface area (TPSA) is 91.8 Å². The van der Waals surface area contributed by atoms with E-state index in [4.69, 9.17) is 4.74 Å². The van der Waals surface area contributed by atoms with Gasteiger partial charge in [0.2, 0.25) is 10.0 Å². The fraction of sp³-hybridized carbons (Fsp3) is 0.435. The molecule has 0 fully saturated rings.